The summed E-state index contributed by atoms with van der Waals surface area (Å²) in [5, 5.41) is 24.2. The first kappa shape index (κ1) is 18.1. The molecule has 0 spiro atoms. The maximum absolute atomic E-state index is 12.1. The summed E-state index contributed by atoms with van der Waals surface area (Å²) in [7, 11) is 0. The van der Waals surface area contributed by atoms with Crippen LogP contribution in [-0.4, -0.2) is 17.9 Å². The van der Waals surface area contributed by atoms with Gasteiger partial charge in [0.25, 0.3) is 0 Å². The summed E-state index contributed by atoms with van der Waals surface area (Å²) in [5.41, 5.74) is -0.145. The van der Waals surface area contributed by atoms with Crippen molar-refractivity contribution < 1.29 is 38.1 Å². The first-order chi connectivity index (χ1) is 10.7. The van der Waals surface area contributed by atoms with Crippen molar-refractivity contribution >= 4 is 17.9 Å². The van der Waals surface area contributed by atoms with Crippen molar-refractivity contribution in [2.24, 2.45) is 0 Å². The minimum atomic E-state index is -0.683. The summed E-state index contributed by atoms with van der Waals surface area (Å²) >= 11 is 0. The Bertz CT molecular complexity index is 587. The van der Waals surface area contributed by atoms with Gasteiger partial charge in [-0.3, -0.25) is 14.4 Å². The second-order valence-corrected chi connectivity index (χ2v) is 4.47. The third-order valence-corrected chi connectivity index (χ3v) is 2.57. The van der Waals surface area contributed by atoms with Crippen molar-refractivity contribution in [3.63, 3.8) is 0 Å². The minimum absolute atomic E-state index is 0.0726. The molecule has 0 saturated carbocycles. The van der Waals surface area contributed by atoms with E-state index in [2.05, 4.69) is 4.74 Å². The first-order valence-corrected chi connectivity index (χ1v) is 6.49. The Hall–Kier alpha value is -2.91. The predicted octanol–water partition coefficient (Wildman–Crippen LogP) is -0.857. The van der Waals surface area contributed by atoms with E-state index >= 15 is 0 Å². The highest BCUT2D eigenvalue weighted by molar-refractivity contribution is 5.66. The van der Waals surface area contributed by atoms with Crippen molar-refractivity contribution in [2.45, 2.75) is 40.6 Å². The molecule has 1 aromatic heterocycles. The second-order valence-electron chi connectivity index (χ2n) is 4.47. The number of rotatable bonds is 6. The van der Waals surface area contributed by atoms with Gasteiger partial charge in [0.1, 0.15) is 0 Å². The molecule has 0 unspecified atom stereocenters. The predicted molar refractivity (Wildman–Crippen MR) is 70.8 cm³/mol. The first-order valence-electron chi connectivity index (χ1n) is 6.49. The van der Waals surface area contributed by atoms with E-state index in [0.717, 1.165) is 26.8 Å². The van der Waals surface area contributed by atoms with Crippen LogP contribution in [0.3, 0.4) is 0 Å². The maximum atomic E-state index is 12.1. The lowest BCUT2D eigenvalue weighted by atomic mass is 10.3. The Morgan fingerprint density at radius 1 is 0.826 bits per heavy atom. The van der Waals surface area contributed by atoms with Gasteiger partial charge in [-0.1, -0.05) is 0 Å². The van der Waals surface area contributed by atoms with Gasteiger partial charge in [-0.2, -0.15) is 0 Å². The Morgan fingerprint density at radius 3 is 1.52 bits per heavy atom. The normalized spacial score (nSPS) is 10.0. The third kappa shape index (κ3) is 5.41. The van der Waals surface area contributed by atoms with E-state index in [-0.39, 0.29) is 34.1 Å². The SMILES string of the molecule is CC(=O)OCc1cc(COC(C)=O)[n+]([O-])c(COC(C)=O)[n+]1[O-]. The summed E-state index contributed by atoms with van der Waals surface area (Å²) in [4.78, 5) is 32.6. The number of carbonyl (C=O) groups is 3. The summed E-state index contributed by atoms with van der Waals surface area (Å²) in [5.74, 6) is -2.37. The van der Waals surface area contributed by atoms with Crippen LogP contribution in [0, 0.1) is 10.4 Å². The van der Waals surface area contributed by atoms with Crippen molar-refractivity contribution in [1.29, 1.82) is 0 Å². The van der Waals surface area contributed by atoms with Gasteiger partial charge >= 0.3 is 23.7 Å². The molecule has 0 radical (unpaired) electrons. The summed E-state index contributed by atoms with van der Waals surface area (Å²) < 4.78 is 14.5. The number of aromatic nitrogens is 2. The molecule has 0 atom stereocenters. The monoisotopic (exact) mass is 328 g/mol. The number of hydrogen-bond acceptors (Lipinski definition) is 8. The summed E-state index contributed by atoms with van der Waals surface area (Å²) in [6.45, 7) is 2.08. The van der Waals surface area contributed by atoms with Gasteiger partial charge in [-0.25, -0.2) is 0 Å². The van der Waals surface area contributed by atoms with Crippen molar-refractivity contribution in [1.82, 2.24) is 0 Å². The highest BCUT2D eigenvalue weighted by Crippen LogP contribution is 2.04. The Kier molecular flexibility index (Phi) is 6.24. The van der Waals surface area contributed by atoms with Crippen LogP contribution in [0.1, 0.15) is 38.0 Å². The molecule has 10 heteroatoms. The van der Waals surface area contributed by atoms with E-state index in [1.54, 1.807) is 0 Å². The Morgan fingerprint density at radius 2 is 1.17 bits per heavy atom. The van der Waals surface area contributed by atoms with Crippen LogP contribution < -0.4 is 9.46 Å². The van der Waals surface area contributed by atoms with E-state index in [1.807, 2.05) is 0 Å². The molecular weight excluding hydrogens is 312 g/mol. The van der Waals surface area contributed by atoms with Crippen molar-refractivity contribution in [2.75, 3.05) is 0 Å². The van der Waals surface area contributed by atoms with Crippen LogP contribution in [0.5, 0.6) is 0 Å². The fraction of sp³-hybridized carbons (Fsp3) is 0.462. The van der Waals surface area contributed by atoms with Crippen LogP contribution in [0.4, 0.5) is 0 Å². The van der Waals surface area contributed by atoms with E-state index < -0.39 is 30.3 Å². The van der Waals surface area contributed by atoms with Crippen molar-refractivity contribution in [3.05, 3.63) is 33.7 Å². The van der Waals surface area contributed by atoms with Gasteiger partial charge in [0.2, 0.25) is 18.0 Å². The highest BCUT2D eigenvalue weighted by atomic mass is 16.6. The summed E-state index contributed by atoms with van der Waals surface area (Å²) in [6.07, 6.45) is 0. The molecule has 0 N–H and O–H groups in total. The van der Waals surface area contributed by atoms with E-state index in [1.165, 1.54) is 0 Å². The van der Waals surface area contributed by atoms with E-state index in [9.17, 15) is 24.8 Å². The van der Waals surface area contributed by atoms with Crippen LogP contribution in [0.2, 0.25) is 0 Å². The van der Waals surface area contributed by atoms with Gasteiger partial charge < -0.3 is 24.6 Å². The van der Waals surface area contributed by atoms with E-state index in [4.69, 9.17) is 9.47 Å². The molecule has 1 rings (SSSR count). The van der Waals surface area contributed by atoms with Crippen LogP contribution >= 0.6 is 0 Å². The highest BCUT2D eigenvalue weighted by Gasteiger charge is 2.28. The largest absolute Gasteiger partial charge is 0.614 e. The van der Waals surface area contributed by atoms with Crippen LogP contribution in [-0.2, 0) is 48.4 Å². The zero-order chi connectivity index (χ0) is 17.6. The number of esters is 3. The standard InChI is InChI=1S/C13H16N2O8/c1-8(16)21-5-11-4-12(6-22-9(2)17)15(20)13(14(11)19)7-23-10(3)18/h4H,5-7H2,1-3H3. The fourth-order valence-corrected chi connectivity index (χ4v) is 1.56. The van der Waals surface area contributed by atoms with Gasteiger partial charge in [0.05, 0.1) is 6.07 Å². The van der Waals surface area contributed by atoms with Gasteiger partial charge in [-0.15, -0.1) is 9.46 Å². The summed E-state index contributed by atoms with van der Waals surface area (Å²) in [6, 6.07) is 1.14. The molecule has 23 heavy (non-hydrogen) atoms. The van der Waals surface area contributed by atoms with Gasteiger partial charge in [-0.05, 0) is 0 Å². The third-order valence-electron chi connectivity index (χ3n) is 2.57. The lowest BCUT2D eigenvalue weighted by molar-refractivity contribution is -0.769. The Labute approximate surface area is 131 Å². The average molecular weight is 328 g/mol. The Balaban J connectivity index is 3.19. The number of hydrogen-bond donors (Lipinski definition) is 0. The smallest absolute Gasteiger partial charge is 0.479 e. The van der Waals surface area contributed by atoms with Crippen LogP contribution in [0.15, 0.2) is 6.07 Å². The second kappa shape index (κ2) is 7.92. The fourth-order valence-electron chi connectivity index (χ4n) is 1.56. The topological polar surface area (TPSA) is 133 Å². The molecule has 1 aromatic rings. The molecule has 0 fully saturated rings. The van der Waals surface area contributed by atoms with Crippen molar-refractivity contribution in [3.8, 4) is 0 Å². The quantitative estimate of drug-likeness (QED) is 0.285. The molecule has 0 aliphatic carbocycles. The number of nitrogens with zero attached hydrogens (tertiary/aromatic N) is 2. The molecule has 0 bridgehead atoms. The maximum Gasteiger partial charge on any atom is 0.479 e. The molecule has 0 saturated heterocycles. The molecule has 0 aliphatic heterocycles. The number of carbonyl (C=O) groups excluding carboxylic acids is 3. The molecule has 126 valence electrons. The zero-order valence-corrected chi connectivity index (χ0v) is 12.9. The molecule has 1 heterocycles. The molecule has 0 aromatic carbocycles. The molecule has 0 amide bonds. The lowest BCUT2D eigenvalue weighted by Gasteiger charge is -2.12. The van der Waals surface area contributed by atoms with Gasteiger partial charge in [0, 0.05) is 20.8 Å². The zero-order valence-electron chi connectivity index (χ0n) is 12.9. The van der Waals surface area contributed by atoms with E-state index in [0.29, 0.717) is 0 Å². The molecule has 0 aliphatic rings. The van der Waals surface area contributed by atoms with Gasteiger partial charge in [0.15, 0.2) is 13.2 Å². The number of ether oxygens (including phenoxy) is 3. The average Bonchev–Trinajstić information content (AvgIpc) is 2.44. The molecule has 10 nitrogen and oxygen atoms in total. The lowest BCUT2D eigenvalue weighted by Crippen LogP contribution is -2.53. The molecular formula is C13H16N2O8. The minimum Gasteiger partial charge on any atom is -0.614 e. The van der Waals surface area contributed by atoms with Crippen LogP contribution in [0.25, 0.3) is 0 Å².